The molecule has 0 spiro atoms. The molecule has 0 unspecified atom stereocenters. The Balaban J connectivity index is 2.09. The van der Waals surface area contributed by atoms with Crippen molar-refractivity contribution >= 4 is 17.9 Å². The number of carboxylic acids is 1. The van der Waals surface area contributed by atoms with E-state index >= 15 is 0 Å². The molecule has 0 aliphatic carbocycles. The number of hydrogen-bond acceptors (Lipinski definition) is 6. The van der Waals surface area contributed by atoms with Gasteiger partial charge < -0.3 is 19.1 Å². The topological polar surface area (TPSA) is 114 Å². The largest absolute Gasteiger partial charge is 0.493 e. The van der Waals surface area contributed by atoms with E-state index in [1.165, 1.54) is 32.6 Å². The minimum absolute atomic E-state index is 0.0925. The number of hydrogen-bond donors (Lipinski definition) is 2. The van der Waals surface area contributed by atoms with Gasteiger partial charge in [-0.05, 0) is 0 Å². The molecule has 0 amide bonds. The van der Waals surface area contributed by atoms with Gasteiger partial charge in [-0.2, -0.15) is 0 Å². The average molecular weight is 368 g/mol. The summed E-state index contributed by atoms with van der Waals surface area (Å²) in [4.78, 5) is 27.8. The van der Waals surface area contributed by atoms with Gasteiger partial charge in [-0.15, -0.1) is 0 Å². The number of nitrogens with zero attached hydrogens (tertiary/aromatic N) is 1. The first kappa shape index (κ1) is 18.0. The number of nitrogens with one attached hydrogen (secondary N) is 1. The zero-order valence-electron chi connectivity index (χ0n) is 14.6. The lowest BCUT2D eigenvalue weighted by Gasteiger charge is -2.10. The molecule has 8 heteroatoms. The van der Waals surface area contributed by atoms with Gasteiger partial charge in [0.05, 0.1) is 31.2 Å². The number of aromatic nitrogens is 1. The standard InChI is InChI=1S/C19H16N2O6/c1-25-15-8-12(18(22)23)14(9-16(15)26-2)20-10-13-17(21-27-19(13)24)11-6-4-3-5-7-11/h3-10,21H,1-2H3,(H,22,23). The highest BCUT2D eigenvalue weighted by atomic mass is 16.5. The first-order valence-electron chi connectivity index (χ1n) is 7.85. The van der Waals surface area contributed by atoms with E-state index in [4.69, 9.17) is 14.0 Å². The predicted octanol–water partition coefficient (Wildman–Crippen LogP) is 3.10. The van der Waals surface area contributed by atoms with Gasteiger partial charge in [0.1, 0.15) is 5.56 Å². The van der Waals surface area contributed by atoms with Crippen LogP contribution in [0, 0.1) is 0 Å². The van der Waals surface area contributed by atoms with Crippen molar-refractivity contribution in [2.45, 2.75) is 0 Å². The highest BCUT2D eigenvalue weighted by molar-refractivity contribution is 5.97. The number of aliphatic imine (C=N–C) groups is 1. The molecule has 0 aliphatic heterocycles. The number of carboxylic acid groups (broad SMARTS) is 1. The van der Waals surface area contributed by atoms with Crippen LogP contribution in [-0.4, -0.2) is 36.7 Å². The Hall–Kier alpha value is -3.81. The van der Waals surface area contributed by atoms with Crippen molar-refractivity contribution < 1.29 is 23.9 Å². The molecule has 0 radical (unpaired) electrons. The molecular weight excluding hydrogens is 352 g/mol. The molecule has 0 bridgehead atoms. The van der Waals surface area contributed by atoms with Gasteiger partial charge in [-0.3, -0.25) is 4.99 Å². The molecule has 0 atom stereocenters. The van der Waals surface area contributed by atoms with Gasteiger partial charge in [0.2, 0.25) is 0 Å². The summed E-state index contributed by atoms with van der Waals surface area (Å²) >= 11 is 0. The Morgan fingerprint density at radius 3 is 2.44 bits per heavy atom. The first-order valence-corrected chi connectivity index (χ1v) is 7.85. The lowest BCUT2D eigenvalue weighted by atomic mass is 10.1. The van der Waals surface area contributed by atoms with Crippen molar-refractivity contribution in [2.75, 3.05) is 14.2 Å². The minimum Gasteiger partial charge on any atom is -0.493 e. The summed E-state index contributed by atoms with van der Waals surface area (Å²) in [6.45, 7) is 0. The van der Waals surface area contributed by atoms with Crippen LogP contribution in [0.4, 0.5) is 5.69 Å². The summed E-state index contributed by atoms with van der Waals surface area (Å²) in [5.74, 6) is -0.605. The van der Waals surface area contributed by atoms with Crippen LogP contribution >= 0.6 is 0 Å². The second-order valence-corrected chi connectivity index (χ2v) is 5.43. The summed E-state index contributed by atoms with van der Waals surface area (Å²) in [5.41, 5.74) is 0.754. The third kappa shape index (κ3) is 3.59. The van der Waals surface area contributed by atoms with Crippen molar-refractivity contribution in [1.29, 1.82) is 0 Å². The van der Waals surface area contributed by atoms with E-state index in [1.54, 1.807) is 12.1 Å². The van der Waals surface area contributed by atoms with E-state index < -0.39 is 11.6 Å². The first-order chi connectivity index (χ1) is 13.0. The van der Waals surface area contributed by atoms with E-state index in [1.807, 2.05) is 18.2 Å². The fourth-order valence-electron chi connectivity index (χ4n) is 2.53. The van der Waals surface area contributed by atoms with Crippen molar-refractivity contribution in [2.24, 2.45) is 4.99 Å². The van der Waals surface area contributed by atoms with Gasteiger partial charge in [0.25, 0.3) is 0 Å². The van der Waals surface area contributed by atoms with E-state index in [2.05, 4.69) is 10.1 Å². The maximum Gasteiger partial charge on any atom is 0.366 e. The van der Waals surface area contributed by atoms with Gasteiger partial charge in [0.15, 0.2) is 11.5 Å². The lowest BCUT2D eigenvalue weighted by molar-refractivity contribution is 0.0697. The number of benzene rings is 2. The summed E-state index contributed by atoms with van der Waals surface area (Å²) < 4.78 is 15.2. The Morgan fingerprint density at radius 1 is 1.15 bits per heavy atom. The van der Waals surface area contributed by atoms with Crippen molar-refractivity contribution in [1.82, 2.24) is 5.16 Å². The fraction of sp³-hybridized carbons (Fsp3) is 0.105. The second-order valence-electron chi connectivity index (χ2n) is 5.43. The quantitative estimate of drug-likeness (QED) is 0.646. The number of aromatic carboxylic acids is 1. The Morgan fingerprint density at radius 2 is 1.81 bits per heavy atom. The van der Waals surface area contributed by atoms with Crippen LogP contribution in [0.15, 0.2) is 56.8 Å². The predicted molar refractivity (Wildman–Crippen MR) is 98.5 cm³/mol. The molecule has 27 heavy (non-hydrogen) atoms. The third-order valence-corrected chi connectivity index (χ3v) is 3.86. The Kier molecular flexibility index (Phi) is 5.07. The van der Waals surface area contributed by atoms with Crippen molar-refractivity contribution in [3.05, 3.63) is 64.0 Å². The molecule has 138 valence electrons. The normalized spacial score (nSPS) is 10.9. The number of carbonyl (C=O) groups is 1. The monoisotopic (exact) mass is 368 g/mol. The van der Waals surface area contributed by atoms with Crippen LogP contribution in [0.3, 0.4) is 0 Å². The number of ether oxygens (including phenoxy) is 2. The fourth-order valence-corrected chi connectivity index (χ4v) is 2.53. The molecule has 0 aliphatic rings. The molecule has 3 rings (SSSR count). The van der Waals surface area contributed by atoms with Gasteiger partial charge in [-0.1, -0.05) is 30.3 Å². The van der Waals surface area contributed by atoms with Crippen LogP contribution in [0.1, 0.15) is 15.9 Å². The van der Waals surface area contributed by atoms with Crippen LogP contribution in [0.5, 0.6) is 11.5 Å². The molecule has 0 fully saturated rings. The van der Waals surface area contributed by atoms with Crippen LogP contribution in [-0.2, 0) is 0 Å². The SMILES string of the molecule is COc1cc(N=Cc2c(-c3ccccc3)[nH]oc2=O)c(C(=O)O)cc1OC. The number of rotatable bonds is 6. The molecule has 2 aromatic carbocycles. The summed E-state index contributed by atoms with van der Waals surface area (Å²) in [5, 5.41) is 12.0. The smallest absolute Gasteiger partial charge is 0.366 e. The summed E-state index contributed by atoms with van der Waals surface area (Å²) in [7, 11) is 2.84. The molecule has 3 aromatic rings. The maximum atomic E-state index is 12.0. The van der Waals surface area contributed by atoms with Gasteiger partial charge in [-0.25, -0.2) is 14.7 Å². The van der Waals surface area contributed by atoms with E-state index in [-0.39, 0.29) is 22.6 Å². The number of methoxy groups -OCH3 is 2. The zero-order valence-corrected chi connectivity index (χ0v) is 14.6. The van der Waals surface area contributed by atoms with E-state index in [0.29, 0.717) is 11.4 Å². The molecule has 2 N–H and O–H groups in total. The zero-order chi connectivity index (χ0) is 19.4. The summed E-state index contributed by atoms with van der Waals surface area (Å²) in [6.07, 6.45) is 1.26. The second kappa shape index (κ2) is 7.61. The molecule has 1 aromatic heterocycles. The Bertz CT molecular complexity index is 1050. The Labute approximate surface area is 153 Å². The lowest BCUT2D eigenvalue weighted by Crippen LogP contribution is -2.03. The molecule has 0 saturated carbocycles. The number of H-pyrrole nitrogens is 1. The molecule has 0 saturated heterocycles. The van der Waals surface area contributed by atoms with E-state index in [9.17, 15) is 14.7 Å². The molecular formula is C19H16N2O6. The van der Waals surface area contributed by atoms with E-state index in [0.717, 1.165) is 5.56 Å². The maximum absolute atomic E-state index is 12.0. The van der Waals surface area contributed by atoms with Crippen molar-refractivity contribution in [3.63, 3.8) is 0 Å². The average Bonchev–Trinajstić information content (AvgIpc) is 3.06. The molecule has 8 nitrogen and oxygen atoms in total. The number of aromatic amines is 1. The van der Waals surface area contributed by atoms with Crippen LogP contribution in [0.2, 0.25) is 0 Å². The van der Waals surface area contributed by atoms with Crippen LogP contribution < -0.4 is 15.1 Å². The van der Waals surface area contributed by atoms with Crippen LogP contribution in [0.25, 0.3) is 11.3 Å². The highest BCUT2D eigenvalue weighted by Crippen LogP contribution is 2.35. The summed E-state index contributed by atoms with van der Waals surface area (Å²) in [6, 6.07) is 11.8. The minimum atomic E-state index is -1.19. The third-order valence-electron chi connectivity index (χ3n) is 3.86. The van der Waals surface area contributed by atoms with Gasteiger partial charge >= 0.3 is 11.6 Å². The highest BCUT2D eigenvalue weighted by Gasteiger charge is 2.17. The molecule has 1 heterocycles. The van der Waals surface area contributed by atoms with Gasteiger partial charge in [0, 0.05) is 23.9 Å². The van der Waals surface area contributed by atoms with Crippen molar-refractivity contribution in [3.8, 4) is 22.8 Å².